The lowest BCUT2D eigenvalue weighted by atomic mass is 9.85. The molecular weight excluding hydrogens is 264 g/mol. The van der Waals surface area contributed by atoms with Crippen LogP contribution in [-0.4, -0.2) is 62.0 Å². The second-order valence-electron chi connectivity index (χ2n) is 6.81. The van der Waals surface area contributed by atoms with E-state index in [4.69, 9.17) is 4.74 Å². The zero-order chi connectivity index (χ0) is 15.1. The van der Waals surface area contributed by atoms with Crippen molar-refractivity contribution in [2.75, 3.05) is 39.9 Å². The molecule has 2 N–H and O–H groups in total. The Morgan fingerprint density at radius 1 is 1.38 bits per heavy atom. The zero-order valence-corrected chi connectivity index (χ0v) is 13.6. The van der Waals surface area contributed by atoms with Crippen molar-refractivity contribution in [1.82, 2.24) is 10.2 Å². The molecule has 2 rings (SSSR count). The predicted molar refractivity (Wildman–Crippen MR) is 86.4 cm³/mol. The van der Waals surface area contributed by atoms with Gasteiger partial charge in [-0.3, -0.25) is 0 Å². The number of hydrogen-bond donors (Lipinski definition) is 2. The summed E-state index contributed by atoms with van der Waals surface area (Å²) in [5.41, 5.74) is 0. The van der Waals surface area contributed by atoms with Crippen LogP contribution in [0.15, 0.2) is 12.2 Å². The van der Waals surface area contributed by atoms with Crippen LogP contribution in [0.3, 0.4) is 0 Å². The third-order valence-corrected chi connectivity index (χ3v) is 4.99. The molecule has 21 heavy (non-hydrogen) atoms. The Kier molecular flexibility index (Phi) is 7.17. The Balaban J connectivity index is 1.51. The molecule has 0 spiro atoms. The SMILES string of the molecule is CC1CC=CCC1COCC(O)CNCC1CCCN1C. The molecule has 0 aromatic heterocycles. The van der Waals surface area contributed by atoms with E-state index in [0.29, 0.717) is 31.0 Å². The summed E-state index contributed by atoms with van der Waals surface area (Å²) in [5.74, 6) is 1.31. The van der Waals surface area contributed by atoms with Gasteiger partial charge in [0.15, 0.2) is 0 Å². The molecule has 0 aromatic carbocycles. The van der Waals surface area contributed by atoms with E-state index in [9.17, 15) is 5.11 Å². The van der Waals surface area contributed by atoms with Crippen LogP contribution in [0.25, 0.3) is 0 Å². The van der Waals surface area contributed by atoms with Gasteiger partial charge >= 0.3 is 0 Å². The number of rotatable bonds is 8. The Labute approximate surface area is 129 Å². The molecule has 4 unspecified atom stereocenters. The average molecular weight is 296 g/mol. The van der Waals surface area contributed by atoms with Crippen molar-refractivity contribution in [2.45, 2.75) is 44.8 Å². The van der Waals surface area contributed by atoms with Gasteiger partial charge in [0.1, 0.15) is 0 Å². The number of nitrogens with one attached hydrogen (secondary N) is 1. The van der Waals surface area contributed by atoms with Crippen molar-refractivity contribution in [3.63, 3.8) is 0 Å². The highest BCUT2D eigenvalue weighted by Crippen LogP contribution is 2.24. The van der Waals surface area contributed by atoms with E-state index < -0.39 is 6.10 Å². The summed E-state index contributed by atoms with van der Waals surface area (Å²) >= 11 is 0. The zero-order valence-electron chi connectivity index (χ0n) is 13.6. The van der Waals surface area contributed by atoms with E-state index in [0.717, 1.165) is 26.0 Å². The Morgan fingerprint density at radius 3 is 2.90 bits per heavy atom. The monoisotopic (exact) mass is 296 g/mol. The van der Waals surface area contributed by atoms with Crippen LogP contribution >= 0.6 is 0 Å². The lowest BCUT2D eigenvalue weighted by Gasteiger charge is -2.25. The minimum absolute atomic E-state index is 0.397. The van der Waals surface area contributed by atoms with Crippen molar-refractivity contribution >= 4 is 0 Å². The fourth-order valence-electron chi connectivity index (χ4n) is 3.31. The molecule has 1 saturated heterocycles. The standard InChI is InChI=1S/C17H32N2O2/c1-14-6-3-4-7-15(14)12-21-13-17(20)11-18-10-16-8-5-9-19(16)2/h3-4,14-18,20H,5-13H2,1-2H3. The molecule has 1 heterocycles. The van der Waals surface area contributed by atoms with Gasteiger partial charge in [-0.15, -0.1) is 0 Å². The highest BCUT2D eigenvalue weighted by atomic mass is 16.5. The number of likely N-dealkylation sites (tertiary alicyclic amines) is 1. The van der Waals surface area contributed by atoms with Crippen LogP contribution in [0.4, 0.5) is 0 Å². The highest BCUT2D eigenvalue weighted by Gasteiger charge is 2.21. The van der Waals surface area contributed by atoms with Crippen LogP contribution in [0.5, 0.6) is 0 Å². The molecule has 1 aliphatic heterocycles. The van der Waals surface area contributed by atoms with Gasteiger partial charge in [-0.05, 0) is 51.1 Å². The van der Waals surface area contributed by atoms with Crippen molar-refractivity contribution in [1.29, 1.82) is 0 Å². The third-order valence-electron chi connectivity index (χ3n) is 4.99. The topological polar surface area (TPSA) is 44.7 Å². The number of ether oxygens (including phenoxy) is 1. The number of likely N-dealkylation sites (N-methyl/N-ethyl adjacent to an activating group) is 1. The number of allylic oxidation sites excluding steroid dienone is 2. The summed E-state index contributed by atoms with van der Waals surface area (Å²) in [4.78, 5) is 2.40. The molecule has 122 valence electrons. The van der Waals surface area contributed by atoms with Gasteiger partial charge in [0.25, 0.3) is 0 Å². The fourth-order valence-corrected chi connectivity index (χ4v) is 3.31. The molecule has 4 nitrogen and oxygen atoms in total. The molecular formula is C17H32N2O2. The number of nitrogens with zero attached hydrogens (tertiary/aromatic N) is 1. The summed E-state index contributed by atoms with van der Waals surface area (Å²) in [7, 11) is 2.18. The van der Waals surface area contributed by atoms with E-state index >= 15 is 0 Å². The summed E-state index contributed by atoms with van der Waals surface area (Å²) in [5, 5.41) is 13.3. The van der Waals surface area contributed by atoms with E-state index in [1.165, 1.54) is 19.4 Å². The van der Waals surface area contributed by atoms with Gasteiger partial charge < -0.3 is 20.1 Å². The quantitative estimate of drug-likeness (QED) is 0.669. The summed E-state index contributed by atoms with van der Waals surface area (Å²) in [6.45, 7) is 6.30. The summed E-state index contributed by atoms with van der Waals surface area (Å²) in [6.07, 6.45) is 8.96. The van der Waals surface area contributed by atoms with Crippen molar-refractivity contribution in [2.24, 2.45) is 11.8 Å². The second-order valence-corrected chi connectivity index (χ2v) is 6.81. The van der Waals surface area contributed by atoms with E-state index in [2.05, 4.69) is 36.3 Å². The number of aliphatic hydroxyl groups is 1. The average Bonchev–Trinajstić information content (AvgIpc) is 2.87. The van der Waals surface area contributed by atoms with Crippen LogP contribution in [0.1, 0.15) is 32.6 Å². The molecule has 0 aromatic rings. The number of aliphatic hydroxyl groups excluding tert-OH is 1. The molecule has 4 atom stereocenters. The van der Waals surface area contributed by atoms with Gasteiger partial charge in [0, 0.05) is 19.1 Å². The minimum Gasteiger partial charge on any atom is -0.389 e. The molecule has 1 fully saturated rings. The van der Waals surface area contributed by atoms with Crippen LogP contribution in [-0.2, 0) is 4.74 Å². The third kappa shape index (κ3) is 5.70. The largest absolute Gasteiger partial charge is 0.389 e. The Hall–Kier alpha value is -0.420. The first-order valence-electron chi connectivity index (χ1n) is 8.48. The normalized spacial score (nSPS) is 31.7. The molecule has 4 heteroatoms. The molecule has 0 bridgehead atoms. The smallest absolute Gasteiger partial charge is 0.0897 e. The summed E-state index contributed by atoms with van der Waals surface area (Å²) in [6, 6.07) is 0.632. The lowest BCUT2D eigenvalue weighted by molar-refractivity contribution is 0.0125. The maximum atomic E-state index is 9.97. The second kappa shape index (κ2) is 8.89. The highest BCUT2D eigenvalue weighted by molar-refractivity contribution is 4.93. The molecule has 0 radical (unpaired) electrons. The summed E-state index contributed by atoms with van der Waals surface area (Å²) < 4.78 is 5.71. The first-order chi connectivity index (χ1) is 10.2. The lowest BCUT2D eigenvalue weighted by Crippen LogP contribution is -2.39. The first-order valence-corrected chi connectivity index (χ1v) is 8.48. The number of hydrogen-bond acceptors (Lipinski definition) is 4. The van der Waals surface area contributed by atoms with Gasteiger partial charge in [-0.25, -0.2) is 0 Å². The van der Waals surface area contributed by atoms with Gasteiger partial charge in [-0.1, -0.05) is 19.1 Å². The van der Waals surface area contributed by atoms with Crippen LogP contribution < -0.4 is 5.32 Å². The maximum absolute atomic E-state index is 9.97. The minimum atomic E-state index is -0.397. The molecule has 0 amide bonds. The van der Waals surface area contributed by atoms with Crippen molar-refractivity contribution < 1.29 is 9.84 Å². The van der Waals surface area contributed by atoms with E-state index in [-0.39, 0.29) is 0 Å². The Bertz CT molecular complexity index is 322. The predicted octanol–water partition coefficient (Wildman–Crippen LogP) is 1.65. The van der Waals surface area contributed by atoms with Crippen LogP contribution in [0, 0.1) is 11.8 Å². The molecule has 2 aliphatic rings. The van der Waals surface area contributed by atoms with Gasteiger partial charge in [0.05, 0.1) is 19.3 Å². The van der Waals surface area contributed by atoms with Crippen molar-refractivity contribution in [3.8, 4) is 0 Å². The maximum Gasteiger partial charge on any atom is 0.0897 e. The van der Waals surface area contributed by atoms with E-state index in [1.807, 2.05) is 0 Å². The van der Waals surface area contributed by atoms with Gasteiger partial charge in [-0.2, -0.15) is 0 Å². The fraction of sp³-hybridized carbons (Fsp3) is 0.882. The Morgan fingerprint density at radius 2 is 2.19 bits per heavy atom. The van der Waals surface area contributed by atoms with Gasteiger partial charge in [0.2, 0.25) is 0 Å². The van der Waals surface area contributed by atoms with E-state index in [1.54, 1.807) is 0 Å². The molecule has 0 saturated carbocycles. The molecule has 1 aliphatic carbocycles. The van der Waals surface area contributed by atoms with Crippen molar-refractivity contribution in [3.05, 3.63) is 12.2 Å². The first kappa shape index (κ1) is 16.9. The van der Waals surface area contributed by atoms with Crippen LogP contribution in [0.2, 0.25) is 0 Å².